The Balaban J connectivity index is 1.63. The average molecular weight is 382 g/mol. The van der Waals surface area contributed by atoms with Crippen LogP contribution in [0, 0.1) is 0 Å². The molecule has 0 bridgehead atoms. The molecule has 0 spiro atoms. The zero-order chi connectivity index (χ0) is 19.9. The number of ether oxygens (including phenoxy) is 1. The van der Waals surface area contributed by atoms with Crippen LogP contribution in [-0.4, -0.2) is 66.1 Å². The number of pyridine rings is 1. The number of hydrogen-bond donors (Lipinski definition) is 0. The Labute approximate surface area is 165 Å². The predicted octanol–water partition coefficient (Wildman–Crippen LogP) is 3.15. The molecule has 0 unspecified atom stereocenters. The van der Waals surface area contributed by atoms with E-state index in [0.29, 0.717) is 38.5 Å². The molecule has 7 nitrogen and oxygen atoms in total. The topological polar surface area (TPSA) is 66.0 Å². The van der Waals surface area contributed by atoms with E-state index in [1.165, 1.54) is 0 Å². The molecule has 1 saturated heterocycles. The Kier molecular flexibility index (Phi) is 6.47. The Hall–Kier alpha value is -3.09. The van der Waals surface area contributed by atoms with E-state index in [4.69, 9.17) is 4.74 Å². The lowest BCUT2D eigenvalue weighted by atomic mass is 10.2. The number of piperazine rings is 1. The minimum absolute atomic E-state index is 0.113. The largest absolute Gasteiger partial charge is 0.450 e. The van der Waals surface area contributed by atoms with Crippen LogP contribution < -0.4 is 4.90 Å². The third kappa shape index (κ3) is 4.42. The first-order chi connectivity index (χ1) is 13.6. The van der Waals surface area contributed by atoms with Crippen molar-refractivity contribution in [1.29, 1.82) is 0 Å². The Bertz CT molecular complexity index is 787. The maximum absolute atomic E-state index is 12.7. The lowest BCUT2D eigenvalue weighted by molar-refractivity contribution is 0.0566. The van der Waals surface area contributed by atoms with Gasteiger partial charge >= 0.3 is 6.09 Å². The number of carbonyl (C=O) groups is 2. The van der Waals surface area contributed by atoms with Gasteiger partial charge in [0.1, 0.15) is 5.69 Å². The molecule has 7 heteroatoms. The van der Waals surface area contributed by atoms with Gasteiger partial charge in [-0.15, -0.1) is 0 Å². The van der Waals surface area contributed by atoms with Crippen molar-refractivity contribution in [1.82, 2.24) is 14.8 Å². The van der Waals surface area contributed by atoms with Crippen LogP contribution in [0.1, 0.15) is 24.3 Å². The Morgan fingerprint density at radius 2 is 1.64 bits per heavy atom. The molecular weight excluding hydrogens is 356 g/mol. The van der Waals surface area contributed by atoms with Crippen molar-refractivity contribution in [3.63, 3.8) is 0 Å². The molecule has 0 N–H and O–H groups in total. The van der Waals surface area contributed by atoms with E-state index < -0.39 is 0 Å². The van der Waals surface area contributed by atoms with Crippen molar-refractivity contribution in [2.75, 3.05) is 44.2 Å². The zero-order valence-electron chi connectivity index (χ0n) is 16.4. The van der Waals surface area contributed by atoms with Crippen molar-refractivity contribution >= 4 is 23.4 Å². The van der Waals surface area contributed by atoms with E-state index in [2.05, 4.69) is 16.8 Å². The van der Waals surface area contributed by atoms with Crippen molar-refractivity contribution in [2.45, 2.75) is 13.8 Å². The first kappa shape index (κ1) is 19.7. The number of anilines is 2. The molecule has 1 aromatic carbocycles. The van der Waals surface area contributed by atoms with Crippen LogP contribution in [0.2, 0.25) is 0 Å². The number of benzene rings is 1. The van der Waals surface area contributed by atoms with Gasteiger partial charge in [0, 0.05) is 38.4 Å². The molecule has 1 fully saturated rings. The second-order valence-corrected chi connectivity index (χ2v) is 6.46. The first-order valence-electron chi connectivity index (χ1n) is 9.63. The lowest BCUT2D eigenvalue weighted by Crippen LogP contribution is -2.50. The highest BCUT2D eigenvalue weighted by Crippen LogP contribution is 2.24. The molecule has 2 amide bonds. The molecule has 2 heterocycles. The lowest BCUT2D eigenvalue weighted by Gasteiger charge is -2.33. The summed E-state index contributed by atoms with van der Waals surface area (Å²) in [5, 5.41) is 0. The Morgan fingerprint density at radius 1 is 0.964 bits per heavy atom. The van der Waals surface area contributed by atoms with Gasteiger partial charge in [-0.2, -0.15) is 0 Å². The minimum atomic E-state index is -0.322. The summed E-state index contributed by atoms with van der Waals surface area (Å²) in [6.45, 7) is 6.92. The monoisotopic (exact) mass is 382 g/mol. The van der Waals surface area contributed by atoms with Gasteiger partial charge in [0.25, 0.3) is 5.91 Å². The van der Waals surface area contributed by atoms with Gasteiger partial charge in [-0.05, 0) is 38.1 Å². The molecule has 0 aliphatic carbocycles. The second-order valence-electron chi connectivity index (χ2n) is 6.46. The molecule has 1 aliphatic heterocycles. The van der Waals surface area contributed by atoms with Crippen molar-refractivity contribution in [3.05, 3.63) is 54.4 Å². The summed E-state index contributed by atoms with van der Waals surface area (Å²) < 4.78 is 5.01. The van der Waals surface area contributed by atoms with Gasteiger partial charge < -0.3 is 19.4 Å². The van der Waals surface area contributed by atoms with E-state index in [0.717, 1.165) is 17.9 Å². The molecule has 1 aliphatic rings. The standard InChI is InChI=1S/C21H26N4O3/c1-3-25(17-8-6-5-7-9-17)18-10-11-19(22-16-18)20(26)23-12-14-24(15-13-23)21(27)28-4-2/h5-11,16H,3-4,12-15H2,1-2H3. The minimum Gasteiger partial charge on any atom is -0.450 e. The predicted molar refractivity (Wildman–Crippen MR) is 108 cm³/mol. The normalized spacial score (nSPS) is 13.9. The summed E-state index contributed by atoms with van der Waals surface area (Å²) in [7, 11) is 0. The van der Waals surface area contributed by atoms with Crippen molar-refractivity contribution < 1.29 is 14.3 Å². The molecule has 0 atom stereocenters. The van der Waals surface area contributed by atoms with Gasteiger partial charge in [0.2, 0.25) is 0 Å². The van der Waals surface area contributed by atoms with Crippen LogP contribution in [0.3, 0.4) is 0 Å². The number of para-hydroxylation sites is 1. The SMILES string of the molecule is CCOC(=O)N1CCN(C(=O)c2ccc(N(CC)c3ccccc3)cn2)CC1. The number of hydrogen-bond acceptors (Lipinski definition) is 5. The highest BCUT2D eigenvalue weighted by molar-refractivity contribution is 5.92. The second kappa shape index (κ2) is 9.21. The van der Waals surface area contributed by atoms with E-state index in [9.17, 15) is 9.59 Å². The van der Waals surface area contributed by atoms with Gasteiger partial charge in [0.05, 0.1) is 18.5 Å². The number of amides is 2. The van der Waals surface area contributed by atoms with Crippen LogP contribution in [0.4, 0.5) is 16.2 Å². The maximum atomic E-state index is 12.7. The number of carbonyl (C=O) groups excluding carboxylic acids is 2. The molecule has 3 rings (SSSR count). The van der Waals surface area contributed by atoms with Crippen molar-refractivity contribution in [2.24, 2.45) is 0 Å². The summed E-state index contributed by atoms with van der Waals surface area (Å²) in [5.41, 5.74) is 2.44. The third-order valence-electron chi connectivity index (χ3n) is 4.76. The summed E-state index contributed by atoms with van der Waals surface area (Å²) in [5.74, 6) is -0.113. The number of aromatic nitrogens is 1. The van der Waals surface area contributed by atoms with E-state index >= 15 is 0 Å². The fourth-order valence-corrected chi connectivity index (χ4v) is 3.26. The average Bonchev–Trinajstić information content (AvgIpc) is 2.75. The number of rotatable bonds is 5. The number of nitrogens with zero attached hydrogens (tertiary/aromatic N) is 4. The molecule has 0 saturated carbocycles. The summed E-state index contributed by atoms with van der Waals surface area (Å²) in [6.07, 6.45) is 1.41. The van der Waals surface area contributed by atoms with E-state index in [1.54, 1.807) is 29.0 Å². The van der Waals surface area contributed by atoms with Gasteiger partial charge in [-0.25, -0.2) is 9.78 Å². The van der Waals surface area contributed by atoms with Crippen LogP contribution in [0.5, 0.6) is 0 Å². The van der Waals surface area contributed by atoms with Gasteiger partial charge in [-0.3, -0.25) is 4.79 Å². The fraction of sp³-hybridized carbons (Fsp3) is 0.381. The zero-order valence-corrected chi connectivity index (χ0v) is 16.4. The Morgan fingerprint density at radius 3 is 2.21 bits per heavy atom. The fourth-order valence-electron chi connectivity index (χ4n) is 3.26. The highest BCUT2D eigenvalue weighted by atomic mass is 16.6. The van der Waals surface area contributed by atoms with Crippen LogP contribution in [0.15, 0.2) is 48.7 Å². The van der Waals surface area contributed by atoms with Crippen LogP contribution in [-0.2, 0) is 4.74 Å². The summed E-state index contributed by atoms with van der Waals surface area (Å²) >= 11 is 0. The molecule has 1 aromatic heterocycles. The van der Waals surface area contributed by atoms with E-state index in [1.807, 2.05) is 36.4 Å². The molecular formula is C21H26N4O3. The van der Waals surface area contributed by atoms with Gasteiger partial charge in [0.15, 0.2) is 0 Å². The third-order valence-corrected chi connectivity index (χ3v) is 4.76. The van der Waals surface area contributed by atoms with E-state index in [-0.39, 0.29) is 12.0 Å². The summed E-state index contributed by atoms with van der Waals surface area (Å²) in [4.78, 5) is 34.4. The van der Waals surface area contributed by atoms with Crippen LogP contribution >= 0.6 is 0 Å². The quantitative estimate of drug-likeness (QED) is 0.795. The van der Waals surface area contributed by atoms with Gasteiger partial charge in [-0.1, -0.05) is 18.2 Å². The maximum Gasteiger partial charge on any atom is 0.409 e. The molecule has 148 valence electrons. The summed E-state index contributed by atoms with van der Waals surface area (Å²) in [6, 6.07) is 13.8. The molecule has 2 aromatic rings. The van der Waals surface area contributed by atoms with Crippen LogP contribution in [0.25, 0.3) is 0 Å². The molecule has 28 heavy (non-hydrogen) atoms. The highest BCUT2D eigenvalue weighted by Gasteiger charge is 2.26. The smallest absolute Gasteiger partial charge is 0.409 e. The first-order valence-corrected chi connectivity index (χ1v) is 9.63. The molecule has 0 radical (unpaired) electrons. The van der Waals surface area contributed by atoms with Crippen molar-refractivity contribution in [3.8, 4) is 0 Å².